The van der Waals surface area contributed by atoms with Crippen LogP contribution in [-0.4, -0.2) is 54.3 Å². The van der Waals surface area contributed by atoms with E-state index in [4.69, 9.17) is 0 Å². The van der Waals surface area contributed by atoms with Crippen LogP contribution in [0.25, 0.3) is 0 Å². The van der Waals surface area contributed by atoms with Crippen molar-refractivity contribution in [1.82, 2.24) is 15.1 Å². The lowest BCUT2D eigenvalue weighted by molar-refractivity contribution is -0.136. The maximum Gasteiger partial charge on any atom is 0.244 e. The molecule has 0 spiro atoms. The minimum Gasteiger partial charge on any atom is -0.354 e. The third kappa shape index (κ3) is 4.56. The van der Waals surface area contributed by atoms with Crippen LogP contribution in [0.4, 0.5) is 0 Å². The zero-order chi connectivity index (χ0) is 15.8. The van der Waals surface area contributed by atoms with E-state index in [1.165, 1.54) is 5.56 Å². The number of carbonyl (C=O) groups excluding carboxylic acids is 2. The van der Waals surface area contributed by atoms with Gasteiger partial charge in [0.05, 0.1) is 0 Å². The Morgan fingerprint density at radius 3 is 2.77 bits per heavy atom. The number of unbranched alkanes of at least 4 members (excludes halogenated alkanes) is 1. The number of nitrogens with zero attached hydrogens (tertiary/aromatic N) is 2. The van der Waals surface area contributed by atoms with Gasteiger partial charge in [0, 0.05) is 32.7 Å². The van der Waals surface area contributed by atoms with Crippen LogP contribution in [0, 0.1) is 0 Å². The average molecular weight is 303 g/mol. The van der Waals surface area contributed by atoms with Crippen LogP contribution < -0.4 is 5.32 Å². The highest BCUT2D eigenvalue weighted by Gasteiger charge is 2.31. The van der Waals surface area contributed by atoms with Crippen molar-refractivity contribution in [2.24, 2.45) is 0 Å². The van der Waals surface area contributed by atoms with Crippen molar-refractivity contribution in [2.75, 3.05) is 26.2 Å². The lowest BCUT2D eigenvalue weighted by atomic mass is 10.1. The molecule has 1 aromatic rings. The number of rotatable bonds is 7. The summed E-state index contributed by atoms with van der Waals surface area (Å²) in [7, 11) is 0. The Morgan fingerprint density at radius 2 is 2.09 bits per heavy atom. The fourth-order valence-electron chi connectivity index (χ4n) is 2.70. The SMILES string of the molecule is CCCCNC(=O)C1CN(Cc2ccccc2)CCN1C=O. The van der Waals surface area contributed by atoms with Crippen LogP contribution >= 0.6 is 0 Å². The fraction of sp³-hybridized carbons (Fsp3) is 0.529. The standard InChI is InChI=1S/C17H25N3O2/c1-2-3-9-18-17(22)16-13-19(10-11-20(16)14-21)12-15-7-5-4-6-8-15/h4-8,14,16H,2-3,9-13H2,1H3,(H,18,22). The van der Waals surface area contributed by atoms with Gasteiger partial charge in [-0.25, -0.2) is 0 Å². The Morgan fingerprint density at radius 1 is 1.32 bits per heavy atom. The molecule has 0 aliphatic carbocycles. The second kappa shape index (κ2) is 8.54. The fourth-order valence-corrected chi connectivity index (χ4v) is 2.70. The molecule has 1 fully saturated rings. The summed E-state index contributed by atoms with van der Waals surface area (Å²) < 4.78 is 0. The third-order valence-corrected chi connectivity index (χ3v) is 4.02. The first-order chi connectivity index (χ1) is 10.7. The minimum absolute atomic E-state index is 0.0432. The molecule has 1 aromatic carbocycles. The first-order valence-electron chi connectivity index (χ1n) is 7.99. The number of piperazine rings is 1. The molecule has 0 radical (unpaired) electrons. The Kier molecular flexibility index (Phi) is 6.40. The Labute approximate surface area is 132 Å². The summed E-state index contributed by atoms with van der Waals surface area (Å²) in [5.41, 5.74) is 1.23. The zero-order valence-electron chi connectivity index (χ0n) is 13.2. The van der Waals surface area contributed by atoms with Gasteiger partial charge < -0.3 is 10.2 Å². The molecule has 1 aliphatic heterocycles. The molecule has 120 valence electrons. The molecule has 0 saturated carbocycles. The summed E-state index contributed by atoms with van der Waals surface area (Å²) in [5.74, 6) is -0.0432. The van der Waals surface area contributed by atoms with Crippen LogP contribution in [0.5, 0.6) is 0 Å². The molecule has 1 aliphatic rings. The number of benzene rings is 1. The lowest BCUT2D eigenvalue weighted by Crippen LogP contribution is -2.58. The van der Waals surface area contributed by atoms with Crippen LogP contribution in [0.1, 0.15) is 25.3 Å². The second-order valence-electron chi connectivity index (χ2n) is 5.72. The molecule has 1 N–H and O–H groups in total. The molecule has 1 heterocycles. The number of amides is 2. The van der Waals surface area contributed by atoms with Gasteiger partial charge in [-0.3, -0.25) is 14.5 Å². The number of nitrogens with one attached hydrogen (secondary N) is 1. The van der Waals surface area contributed by atoms with Gasteiger partial charge in [-0.1, -0.05) is 43.7 Å². The van der Waals surface area contributed by atoms with E-state index in [1.54, 1.807) is 4.90 Å². The first kappa shape index (κ1) is 16.5. The van der Waals surface area contributed by atoms with Gasteiger partial charge in [0.15, 0.2) is 0 Å². The van der Waals surface area contributed by atoms with Gasteiger partial charge in [0.2, 0.25) is 12.3 Å². The summed E-state index contributed by atoms with van der Waals surface area (Å²) in [6.45, 7) is 5.57. The number of carbonyl (C=O) groups is 2. The number of hydrogen-bond donors (Lipinski definition) is 1. The molecule has 1 unspecified atom stereocenters. The summed E-state index contributed by atoms with van der Waals surface area (Å²) in [6, 6.07) is 9.83. The quantitative estimate of drug-likeness (QED) is 0.609. The largest absolute Gasteiger partial charge is 0.354 e. The molecule has 0 aromatic heterocycles. The van der Waals surface area contributed by atoms with Crippen molar-refractivity contribution < 1.29 is 9.59 Å². The molecule has 22 heavy (non-hydrogen) atoms. The van der Waals surface area contributed by atoms with Gasteiger partial charge in [0.1, 0.15) is 6.04 Å². The van der Waals surface area contributed by atoms with E-state index in [1.807, 2.05) is 18.2 Å². The summed E-state index contributed by atoms with van der Waals surface area (Å²) in [4.78, 5) is 27.3. The molecule has 1 saturated heterocycles. The van der Waals surface area contributed by atoms with Gasteiger partial charge in [0.25, 0.3) is 0 Å². The van der Waals surface area contributed by atoms with Crippen molar-refractivity contribution in [1.29, 1.82) is 0 Å². The van der Waals surface area contributed by atoms with Crippen LogP contribution in [-0.2, 0) is 16.1 Å². The summed E-state index contributed by atoms with van der Waals surface area (Å²) in [5, 5.41) is 2.94. The van der Waals surface area contributed by atoms with Crippen molar-refractivity contribution in [3.05, 3.63) is 35.9 Å². The van der Waals surface area contributed by atoms with E-state index in [0.29, 0.717) is 19.6 Å². The second-order valence-corrected chi connectivity index (χ2v) is 5.72. The molecule has 5 nitrogen and oxygen atoms in total. The lowest BCUT2D eigenvalue weighted by Gasteiger charge is -2.38. The highest BCUT2D eigenvalue weighted by molar-refractivity contribution is 5.84. The van der Waals surface area contributed by atoms with Crippen LogP contribution in [0.3, 0.4) is 0 Å². The molecule has 5 heteroatoms. The van der Waals surface area contributed by atoms with Gasteiger partial charge in [-0.15, -0.1) is 0 Å². The molecular formula is C17H25N3O2. The van der Waals surface area contributed by atoms with Gasteiger partial charge in [-0.2, -0.15) is 0 Å². The Balaban J connectivity index is 1.94. The Bertz CT molecular complexity index is 478. The average Bonchev–Trinajstić information content (AvgIpc) is 2.56. The normalized spacial score (nSPS) is 19.0. The zero-order valence-corrected chi connectivity index (χ0v) is 13.2. The maximum atomic E-state index is 12.3. The van der Waals surface area contributed by atoms with Crippen molar-refractivity contribution in [2.45, 2.75) is 32.4 Å². The molecule has 2 amide bonds. The van der Waals surface area contributed by atoms with E-state index in [-0.39, 0.29) is 11.9 Å². The van der Waals surface area contributed by atoms with Gasteiger partial charge >= 0.3 is 0 Å². The maximum absolute atomic E-state index is 12.3. The molecule has 1 atom stereocenters. The van der Waals surface area contributed by atoms with E-state index in [2.05, 4.69) is 29.3 Å². The topological polar surface area (TPSA) is 52.7 Å². The Hall–Kier alpha value is -1.88. The monoisotopic (exact) mass is 303 g/mol. The summed E-state index contributed by atoms with van der Waals surface area (Å²) in [6.07, 6.45) is 2.81. The first-order valence-corrected chi connectivity index (χ1v) is 7.99. The van der Waals surface area contributed by atoms with Gasteiger partial charge in [-0.05, 0) is 12.0 Å². The van der Waals surface area contributed by atoms with E-state index >= 15 is 0 Å². The van der Waals surface area contributed by atoms with Crippen LogP contribution in [0.2, 0.25) is 0 Å². The predicted octanol–water partition coefficient (Wildman–Crippen LogP) is 1.25. The van der Waals surface area contributed by atoms with Crippen molar-refractivity contribution in [3.8, 4) is 0 Å². The van der Waals surface area contributed by atoms with Crippen LogP contribution in [0.15, 0.2) is 30.3 Å². The number of hydrogen-bond acceptors (Lipinski definition) is 3. The highest BCUT2D eigenvalue weighted by Crippen LogP contribution is 2.12. The van der Waals surface area contributed by atoms with Crippen molar-refractivity contribution in [3.63, 3.8) is 0 Å². The van der Waals surface area contributed by atoms with E-state index in [0.717, 1.165) is 32.3 Å². The van der Waals surface area contributed by atoms with E-state index in [9.17, 15) is 9.59 Å². The molecular weight excluding hydrogens is 278 g/mol. The summed E-state index contributed by atoms with van der Waals surface area (Å²) >= 11 is 0. The third-order valence-electron chi connectivity index (χ3n) is 4.02. The predicted molar refractivity (Wildman–Crippen MR) is 86.2 cm³/mol. The minimum atomic E-state index is -0.383. The van der Waals surface area contributed by atoms with E-state index < -0.39 is 0 Å². The smallest absolute Gasteiger partial charge is 0.244 e. The van der Waals surface area contributed by atoms with Crippen molar-refractivity contribution >= 4 is 12.3 Å². The molecule has 2 rings (SSSR count). The molecule has 0 bridgehead atoms. The highest BCUT2D eigenvalue weighted by atomic mass is 16.2.